The summed E-state index contributed by atoms with van der Waals surface area (Å²) in [5.41, 5.74) is 5.75. The number of nitrogens with two attached hydrogens (primary N) is 1. The maximum Gasteiger partial charge on any atom is 0.326 e. The summed E-state index contributed by atoms with van der Waals surface area (Å²) < 4.78 is 0. The van der Waals surface area contributed by atoms with E-state index in [-0.39, 0.29) is 30.9 Å². The van der Waals surface area contributed by atoms with E-state index in [1.807, 2.05) is 0 Å². The van der Waals surface area contributed by atoms with Gasteiger partial charge < -0.3 is 21.3 Å². The van der Waals surface area contributed by atoms with Crippen LogP contribution in [0.4, 0.5) is 0 Å². The lowest BCUT2D eigenvalue weighted by Gasteiger charge is -2.19. The molecule has 16 heavy (non-hydrogen) atoms. The molecule has 0 aromatic rings. The zero-order valence-electron chi connectivity index (χ0n) is 9.06. The van der Waals surface area contributed by atoms with E-state index in [0.717, 1.165) is 12.8 Å². The van der Waals surface area contributed by atoms with E-state index in [1.165, 1.54) is 0 Å². The van der Waals surface area contributed by atoms with E-state index in [1.54, 1.807) is 0 Å². The molecule has 1 saturated carbocycles. The number of hydrogen-bond acceptors (Lipinski definition) is 4. The number of carbonyl (C=O) groups excluding carboxylic acids is 1. The van der Waals surface area contributed by atoms with E-state index in [0.29, 0.717) is 6.42 Å². The Bertz CT molecular complexity index is 270. The van der Waals surface area contributed by atoms with Crippen molar-refractivity contribution in [3.8, 4) is 0 Å². The zero-order chi connectivity index (χ0) is 12.1. The van der Waals surface area contributed by atoms with Crippen LogP contribution in [0.15, 0.2) is 0 Å². The number of carboxylic acid groups (broad SMARTS) is 1. The first-order valence-electron chi connectivity index (χ1n) is 5.46. The maximum absolute atomic E-state index is 11.7. The van der Waals surface area contributed by atoms with Crippen molar-refractivity contribution in [2.24, 2.45) is 11.7 Å². The molecule has 1 rings (SSSR count). The van der Waals surface area contributed by atoms with Gasteiger partial charge >= 0.3 is 5.97 Å². The topological polar surface area (TPSA) is 113 Å². The molecule has 1 aliphatic rings. The van der Waals surface area contributed by atoms with Gasteiger partial charge in [0.15, 0.2) is 0 Å². The molecule has 0 aliphatic heterocycles. The van der Waals surface area contributed by atoms with Crippen LogP contribution in [-0.4, -0.2) is 40.8 Å². The van der Waals surface area contributed by atoms with Crippen LogP contribution in [0.5, 0.6) is 0 Å². The van der Waals surface area contributed by atoms with Crippen LogP contribution in [0.2, 0.25) is 0 Å². The number of aliphatic carboxylic acids is 1. The Hall–Kier alpha value is -1.14. The summed E-state index contributed by atoms with van der Waals surface area (Å²) in [5, 5.41) is 19.9. The maximum atomic E-state index is 11.7. The third-order valence-electron chi connectivity index (χ3n) is 2.94. The Balaban J connectivity index is 2.50. The van der Waals surface area contributed by atoms with Crippen molar-refractivity contribution < 1.29 is 19.8 Å². The Kier molecular flexibility index (Phi) is 4.70. The number of nitrogens with one attached hydrogen (secondary N) is 1. The molecule has 0 aromatic heterocycles. The smallest absolute Gasteiger partial charge is 0.326 e. The van der Waals surface area contributed by atoms with E-state index < -0.39 is 12.0 Å². The van der Waals surface area contributed by atoms with Gasteiger partial charge in [0.05, 0.1) is 5.92 Å². The molecule has 0 saturated heterocycles. The molecule has 0 aromatic carbocycles. The van der Waals surface area contributed by atoms with Crippen molar-refractivity contribution >= 4 is 11.9 Å². The van der Waals surface area contributed by atoms with Gasteiger partial charge in [0.25, 0.3) is 0 Å². The molecule has 0 heterocycles. The average molecular weight is 230 g/mol. The molecular formula is C10H18N2O4. The monoisotopic (exact) mass is 230 g/mol. The Labute approximate surface area is 93.8 Å². The molecule has 5 N–H and O–H groups in total. The third-order valence-corrected chi connectivity index (χ3v) is 2.94. The molecule has 1 amide bonds. The molecule has 0 bridgehead atoms. The van der Waals surface area contributed by atoms with Crippen molar-refractivity contribution in [1.82, 2.24) is 5.32 Å². The fourth-order valence-corrected chi connectivity index (χ4v) is 1.98. The molecule has 6 nitrogen and oxygen atoms in total. The summed E-state index contributed by atoms with van der Waals surface area (Å²) in [7, 11) is 0. The fourth-order valence-electron chi connectivity index (χ4n) is 1.98. The quantitative estimate of drug-likeness (QED) is 0.487. The lowest BCUT2D eigenvalue weighted by Crippen LogP contribution is -2.47. The van der Waals surface area contributed by atoms with Crippen LogP contribution in [0.25, 0.3) is 0 Å². The number of aliphatic hydroxyl groups excluding tert-OH is 1. The molecule has 6 heteroatoms. The minimum atomic E-state index is -1.13. The predicted octanol–water partition coefficient (Wildman–Crippen LogP) is -0.934. The van der Waals surface area contributed by atoms with Crippen molar-refractivity contribution in [2.45, 2.75) is 37.8 Å². The van der Waals surface area contributed by atoms with Gasteiger partial charge in [-0.2, -0.15) is 0 Å². The average Bonchev–Trinajstić information content (AvgIpc) is 2.63. The Morgan fingerprint density at radius 3 is 2.56 bits per heavy atom. The molecule has 1 fully saturated rings. The van der Waals surface area contributed by atoms with Gasteiger partial charge in [0.2, 0.25) is 5.91 Å². The van der Waals surface area contributed by atoms with E-state index in [4.69, 9.17) is 15.9 Å². The highest BCUT2D eigenvalue weighted by atomic mass is 16.4. The number of carboxylic acids is 1. The van der Waals surface area contributed by atoms with Crippen molar-refractivity contribution in [3.05, 3.63) is 0 Å². The van der Waals surface area contributed by atoms with Crippen LogP contribution in [0.1, 0.15) is 25.7 Å². The minimum absolute atomic E-state index is 0.0169. The number of rotatable bonds is 5. The second kappa shape index (κ2) is 5.81. The lowest BCUT2D eigenvalue weighted by molar-refractivity contribution is -0.143. The summed E-state index contributed by atoms with van der Waals surface area (Å²) >= 11 is 0. The number of amides is 1. The normalized spacial score (nSPS) is 26.4. The van der Waals surface area contributed by atoms with Crippen LogP contribution in [0.3, 0.4) is 0 Å². The summed E-state index contributed by atoms with van der Waals surface area (Å²) in [6.07, 6.45) is 2.42. The van der Waals surface area contributed by atoms with Gasteiger partial charge in [-0.05, 0) is 12.8 Å². The number of aliphatic hydroxyl groups is 1. The van der Waals surface area contributed by atoms with Crippen LogP contribution < -0.4 is 11.1 Å². The van der Waals surface area contributed by atoms with Crippen molar-refractivity contribution in [2.75, 3.05) is 6.61 Å². The third kappa shape index (κ3) is 3.18. The predicted molar refractivity (Wildman–Crippen MR) is 56.6 cm³/mol. The van der Waals surface area contributed by atoms with Gasteiger partial charge in [-0.25, -0.2) is 4.79 Å². The van der Waals surface area contributed by atoms with E-state index in [2.05, 4.69) is 5.32 Å². The van der Waals surface area contributed by atoms with Crippen molar-refractivity contribution in [3.63, 3.8) is 0 Å². The zero-order valence-corrected chi connectivity index (χ0v) is 9.06. The minimum Gasteiger partial charge on any atom is -0.480 e. The molecular weight excluding hydrogens is 212 g/mol. The van der Waals surface area contributed by atoms with Gasteiger partial charge in [0, 0.05) is 19.1 Å². The second-order valence-corrected chi connectivity index (χ2v) is 4.11. The summed E-state index contributed by atoms with van der Waals surface area (Å²) in [5.74, 6) is -1.74. The Morgan fingerprint density at radius 2 is 2.12 bits per heavy atom. The second-order valence-electron chi connectivity index (χ2n) is 4.11. The fraction of sp³-hybridized carbons (Fsp3) is 0.800. The molecule has 0 radical (unpaired) electrons. The van der Waals surface area contributed by atoms with E-state index >= 15 is 0 Å². The summed E-state index contributed by atoms with van der Waals surface area (Å²) in [4.78, 5) is 22.5. The molecule has 1 aliphatic carbocycles. The van der Waals surface area contributed by atoms with Crippen LogP contribution in [-0.2, 0) is 9.59 Å². The van der Waals surface area contributed by atoms with Gasteiger partial charge in [-0.3, -0.25) is 4.79 Å². The highest BCUT2D eigenvalue weighted by Crippen LogP contribution is 2.24. The van der Waals surface area contributed by atoms with Gasteiger partial charge in [-0.15, -0.1) is 0 Å². The first kappa shape index (κ1) is 12.9. The number of carbonyl (C=O) groups is 2. The van der Waals surface area contributed by atoms with E-state index in [9.17, 15) is 9.59 Å². The summed E-state index contributed by atoms with van der Waals surface area (Å²) in [6, 6.07) is -1.20. The van der Waals surface area contributed by atoms with Crippen LogP contribution >= 0.6 is 0 Å². The Morgan fingerprint density at radius 1 is 1.44 bits per heavy atom. The molecule has 3 atom stereocenters. The first-order valence-corrected chi connectivity index (χ1v) is 5.46. The first-order chi connectivity index (χ1) is 7.56. The molecule has 92 valence electrons. The van der Waals surface area contributed by atoms with Crippen LogP contribution in [0, 0.1) is 5.92 Å². The molecule has 0 spiro atoms. The number of hydrogen-bond donors (Lipinski definition) is 4. The molecule has 2 unspecified atom stereocenters. The van der Waals surface area contributed by atoms with Gasteiger partial charge in [0.1, 0.15) is 6.04 Å². The highest BCUT2D eigenvalue weighted by molar-refractivity contribution is 5.85. The van der Waals surface area contributed by atoms with Crippen molar-refractivity contribution in [1.29, 1.82) is 0 Å². The lowest BCUT2D eigenvalue weighted by atomic mass is 10.0. The summed E-state index contributed by atoms with van der Waals surface area (Å²) in [6.45, 7) is -0.270. The standard InChI is InChI=1S/C10H18N2O4/c11-7-3-1-2-6(7)9(14)12-8(4-5-13)10(15)16/h6-8,13H,1-5,11H2,(H,12,14)(H,15,16)/t6?,7?,8-/m0/s1. The van der Waals surface area contributed by atoms with Gasteiger partial charge in [-0.1, -0.05) is 6.42 Å². The SMILES string of the molecule is NC1CCCC1C(=O)N[C@@H](CCO)C(=O)O. The largest absolute Gasteiger partial charge is 0.480 e. The highest BCUT2D eigenvalue weighted by Gasteiger charge is 2.32.